The average Bonchev–Trinajstić information content (AvgIpc) is 2.94. The third kappa shape index (κ3) is 9.58. The summed E-state index contributed by atoms with van der Waals surface area (Å²) in [6, 6.07) is 9.34. The molecule has 1 aromatic carbocycles. The first-order chi connectivity index (χ1) is 19.5. The summed E-state index contributed by atoms with van der Waals surface area (Å²) in [5.41, 5.74) is 0.155. The van der Waals surface area contributed by atoms with Gasteiger partial charge in [-0.25, -0.2) is 14.8 Å². The van der Waals surface area contributed by atoms with Crippen LogP contribution in [0.2, 0.25) is 0 Å². The first kappa shape index (κ1) is 31.0. The number of aromatic nitrogens is 2. The number of nitrogens with one attached hydrogen (secondary N) is 1. The van der Waals surface area contributed by atoms with Gasteiger partial charge in [0.25, 0.3) is 5.91 Å². The normalized spacial score (nSPS) is 14.4. The van der Waals surface area contributed by atoms with E-state index in [9.17, 15) is 19.2 Å². The fraction of sp³-hybridized carbons (Fsp3) is 0.448. The van der Waals surface area contributed by atoms with Gasteiger partial charge >= 0.3 is 12.1 Å². The van der Waals surface area contributed by atoms with Gasteiger partial charge < -0.3 is 24.5 Å². The van der Waals surface area contributed by atoms with Gasteiger partial charge in [0, 0.05) is 31.1 Å². The molecule has 0 saturated carbocycles. The van der Waals surface area contributed by atoms with Gasteiger partial charge in [-0.1, -0.05) is 36.3 Å². The maximum absolute atomic E-state index is 13.5. The first-order valence-corrected chi connectivity index (χ1v) is 13.3. The summed E-state index contributed by atoms with van der Waals surface area (Å²) in [7, 11) is 0. The van der Waals surface area contributed by atoms with Crippen LogP contribution < -0.4 is 5.32 Å². The highest BCUT2D eigenvalue weighted by molar-refractivity contribution is 5.96. The molecule has 0 spiro atoms. The van der Waals surface area contributed by atoms with Crippen LogP contribution in [-0.2, 0) is 23.9 Å². The van der Waals surface area contributed by atoms with Crippen molar-refractivity contribution >= 4 is 23.9 Å². The Balaban J connectivity index is 1.77. The lowest BCUT2D eigenvalue weighted by atomic mass is 10.1. The van der Waals surface area contributed by atoms with Crippen LogP contribution in [0.3, 0.4) is 0 Å². The van der Waals surface area contributed by atoms with Crippen LogP contribution in [0.15, 0.2) is 36.4 Å². The third-order valence-electron chi connectivity index (χ3n) is 5.82. The summed E-state index contributed by atoms with van der Waals surface area (Å²) in [6.07, 6.45) is 4.65. The number of carbonyl (C=O) groups is 4. The molecule has 0 bridgehead atoms. The Morgan fingerprint density at radius 2 is 1.76 bits per heavy atom. The highest BCUT2D eigenvalue weighted by Gasteiger charge is 2.31. The summed E-state index contributed by atoms with van der Waals surface area (Å²) < 4.78 is 10.2. The van der Waals surface area contributed by atoms with Gasteiger partial charge in [0.1, 0.15) is 23.0 Å². The number of hydrogen-bond donors (Lipinski definition) is 1. The topological polar surface area (TPSA) is 140 Å². The van der Waals surface area contributed by atoms with Crippen LogP contribution in [-0.4, -0.2) is 88.3 Å². The van der Waals surface area contributed by atoms with Crippen molar-refractivity contribution in [2.45, 2.75) is 52.2 Å². The Morgan fingerprint density at radius 1 is 1.07 bits per heavy atom. The number of hydroxylamine groups is 2. The second kappa shape index (κ2) is 14.2. The van der Waals surface area contributed by atoms with Crippen LogP contribution in [0.1, 0.15) is 56.7 Å². The van der Waals surface area contributed by atoms with Gasteiger partial charge in [-0.3, -0.25) is 14.4 Å². The molecule has 12 nitrogen and oxygen atoms in total. The van der Waals surface area contributed by atoms with Crippen LogP contribution >= 0.6 is 0 Å². The zero-order valence-electron chi connectivity index (χ0n) is 23.7. The molecule has 2 amide bonds. The Bertz CT molecular complexity index is 1280. The Labute approximate surface area is 239 Å². The lowest BCUT2D eigenvalue weighted by molar-refractivity contribution is -0.158. The third-order valence-corrected chi connectivity index (χ3v) is 5.82. The molecule has 41 heavy (non-hydrogen) atoms. The lowest BCUT2D eigenvalue weighted by Gasteiger charge is -2.35. The molecule has 2 aromatic rings. The van der Waals surface area contributed by atoms with Crippen molar-refractivity contribution in [3.63, 3.8) is 0 Å². The van der Waals surface area contributed by atoms with Crippen LogP contribution in [0.4, 0.5) is 4.79 Å². The van der Waals surface area contributed by atoms with Gasteiger partial charge in [-0.05, 0) is 34.1 Å². The second-order valence-corrected chi connectivity index (χ2v) is 10.2. The molecule has 0 radical (unpaired) electrons. The average molecular weight is 566 g/mol. The number of benzene rings is 1. The highest BCUT2D eigenvalue weighted by atomic mass is 16.8. The minimum Gasteiger partial charge on any atom is -0.460 e. The summed E-state index contributed by atoms with van der Waals surface area (Å²) in [5.74, 6) is 1.15. The number of rotatable bonds is 9. The second-order valence-electron chi connectivity index (χ2n) is 10.2. The summed E-state index contributed by atoms with van der Waals surface area (Å²) >= 11 is 0. The van der Waals surface area contributed by atoms with E-state index in [1.165, 1.54) is 16.0 Å². The monoisotopic (exact) mass is 565 g/mol. The van der Waals surface area contributed by atoms with Gasteiger partial charge in [-0.15, -0.1) is 11.5 Å². The molecular formula is C29H35N5O7. The SMILES string of the molecule is C#Cc1cc(C(=O)N[C@@H](CCC(=O)OC(C)(C)C)C(=O)N2CCN(OC(=O)OCC)CC2)nc(-c2ccccc2)n1. The minimum absolute atomic E-state index is 0.00233. The van der Waals surface area contributed by atoms with Crippen molar-refractivity contribution in [1.82, 2.24) is 25.2 Å². The standard InChI is InChI=1S/C29H35N5O7/c1-6-21-19-23(31-25(30-21)20-11-9-8-10-12-20)26(36)32-22(13-14-24(35)40-29(3,4)5)27(37)33-15-17-34(18-16-33)41-28(38)39-7-2/h1,8-12,19,22H,7,13-18H2,2-5H3,(H,32,36)/t22-/m0/s1. The number of nitrogens with zero attached hydrogens (tertiary/aromatic N) is 4. The molecule has 1 aliphatic rings. The summed E-state index contributed by atoms with van der Waals surface area (Å²) in [4.78, 5) is 66.3. The molecule has 1 atom stereocenters. The molecular weight excluding hydrogens is 530 g/mol. The molecule has 218 valence electrons. The van der Waals surface area contributed by atoms with E-state index >= 15 is 0 Å². The van der Waals surface area contributed by atoms with Gasteiger partial charge in [0.05, 0.1) is 19.7 Å². The zero-order chi connectivity index (χ0) is 30.0. The summed E-state index contributed by atoms with van der Waals surface area (Å²) in [5, 5.41) is 4.13. The fourth-order valence-electron chi connectivity index (χ4n) is 3.97. The van der Waals surface area contributed by atoms with Crippen molar-refractivity contribution in [2.24, 2.45) is 0 Å². The van der Waals surface area contributed by atoms with Gasteiger partial charge in [-0.2, -0.15) is 0 Å². The Kier molecular flexibility index (Phi) is 10.8. The van der Waals surface area contributed by atoms with E-state index in [0.717, 1.165) is 0 Å². The van der Waals surface area contributed by atoms with E-state index in [-0.39, 0.29) is 62.8 Å². The van der Waals surface area contributed by atoms with E-state index in [2.05, 4.69) is 21.2 Å². The Hall–Kier alpha value is -4.50. The summed E-state index contributed by atoms with van der Waals surface area (Å²) in [6.45, 7) is 8.03. The number of terminal acetylenes is 1. The fourth-order valence-corrected chi connectivity index (χ4v) is 3.97. The zero-order valence-corrected chi connectivity index (χ0v) is 23.7. The highest BCUT2D eigenvalue weighted by Crippen LogP contribution is 2.17. The molecule has 2 heterocycles. The quantitative estimate of drug-likeness (QED) is 0.356. The predicted molar refractivity (Wildman–Crippen MR) is 148 cm³/mol. The molecule has 1 aliphatic heterocycles. The van der Waals surface area contributed by atoms with Crippen LogP contribution in [0.25, 0.3) is 11.4 Å². The smallest absolute Gasteiger partial charge is 0.460 e. The lowest BCUT2D eigenvalue weighted by Crippen LogP contribution is -2.55. The van der Waals surface area contributed by atoms with E-state index in [1.807, 2.05) is 18.2 Å². The first-order valence-electron chi connectivity index (χ1n) is 13.3. The molecule has 0 aliphatic carbocycles. The van der Waals surface area contributed by atoms with Crippen LogP contribution in [0, 0.1) is 12.3 Å². The number of esters is 1. The number of carbonyl (C=O) groups excluding carboxylic acids is 4. The number of amides is 2. The van der Waals surface area contributed by atoms with E-state index < -0.39 is 35.6 Å². The van der Waals surface area contributed by atoms with Crippen molar-refractivity contribution in [1.29, 1.82) is 0 Å². The number of ether oxygens (including phenoxy) is 2. The van der Waals surface area contributed by atoms with Crippen molar-refractivity contribution < 1.29 is 33.5 Å². The van der Waals surface area contributed by atoms with Gasteiger partial charge in [0.15, 0.2) is 5.82 Å². The molecule has 12 heteroatoms. The molecule has 1 N–H and O–H groups in total. The predicted octanol–water partition coefficient (Wildman–Crippen LogP) is 2.58. The maximum Gasteiger partial charge on any atom is 0.527 e. The Morgan fingerprint density at radius 3 is 2.37 bits per heavy atom. The molecule has 1 aromatic heterocycles. The molecule has 1 fully saturated rings. The van der Waals surface area contributed by atoms with E-state index in [4.69, 9.17) is 20.7 Å². The van der Waals surface area contributed by atoms with E-state index in [1.54, 1.807) is 39.8 Å². The largest absolute Gasteiger partial charge is 0.527 e. The van der Waals surface area contributed by atoms with E-state index in [0.29, 0.717) is 5.56 Å². The number of hydrogen-bond acceptors (Lipinski definition) is 10. The van der Waals surface area contributed by atoms with Crippen LogP contribution in [0.5, 0.6) is 0 Å². The number of piperazine rings is 1. The maximum atomic E-state index is 13.5. The molecule has 3 rings (SSSR count). The minimum atomic E-state index is -1.06. The van der Waals surface area contributed by atoms with Gasteiger partial charge in [0.2, 0.25) is 5.91 Å². The van der Waals surface area contributed by atoms with Crippen molar-refractivity contribution in [3.05, 3.63) is 47.8 Å². The van der Waals surface area contributed by atoms with Crippen molar-refractivity contribution in [2.75, 3.05) is 32.8 Å². The molecule has 0 unspecified atom stereocenters. The van der Waals surface area contributed by atoms with Crippen molar-refractivity contribution in [3.8, 4) is 23.7 Å². The molecule has 1 saturated heterocycles.